The minimum Gasteiger partial charge on any atom is -0.410 e. The number of nitrogens with two attached hydrogens (primary N) is 1. The third-order valence-electron chi connectivity index (χ3n) is 8.35. The van der Waals surface area contributed by atoms with Crippen LogP contribution in [0.1, 0.15) is 32.1 Å². The van der Waals surface area contributed by atoms with Crippen LogP contribution in [0.15, 0.2) is 141 Å². The lowest BCUT2D eigenvalue weighted by Gasteiger charge is -2.31. The average Bonchev–Trinajstić information content (AvgIpc) is 4.07. The van der Waals surface area contributed by atoms with E-state index in [0.717, 1.165) is 40.9 Å². The molecule has 276 valence electrons. The number of H-pyrrole nitrogens is 1. The van der Waals surface area contributed by atoms with E-state index in [1.54, 1.807) is 97.3 Å². The second-order valence-electron chi connectivity index (χ2n) is 11.9. The third-order valence-corrected chi connectivity index (χ3v) is 8.35. The Morgan fingerprint density at radius 3 is 1.80 bits per heavy atom. The van der Waals surface area contributed by atoms with Crippen molar-refractivity contribution in [1.29, 1.82) is 0 Å². The highest BCUT2D eigenvalue weighted by Gasteiger charge is 2.23. The first kappa shape index (κ1) is 38.4. The summed E-state index contributed by atoms with van der Waals surface area (Å²) in [7, 11) is 3.39. The predicted octanol–water partition coefficient (Wildman–Crippen LogP) is 7.22. The van der Waals surface area contributed by atoms with E-state index in [4.69, 9.17) is 4.74 Å². The van der Waals surface area contributed by atoms with E-state index in [1.807, 2.05) is 54.4 Å². The normalized spacial score (nSPS) is 12.1. The van der Waals surface area contributed by atoms with Gasteiger partial charge in [-0.3, -0.25) is 19.5 Å². The van der Waals surface area contributed by atoms with Crippen LogP contribution in [0.4, 0.5) is 9.59 Å². The maximum Gasteiger partial charge on any atom is 0.424 e. The molecule has 0 atom stereocenters. The van der Waals surface area contributed by atoms with Crippen molar-refractivity contribution in [2.24, 2.45) is 5.73 Å². The van der Waals surface area contributed by atoms with Gasteiger partial charge in [-0.1, -0.05) is 37.5 Å². The van der Waals surface area contributed by atoms with E-state index in [2.05, 4.69) is 40.6 Å². The van der Waals surface area contributed by atoms with Gasteiger partial charge in [0.2, 0.25) is 0 Å². The SMILES string of the molecule is CN.CN(C(=O)n1cnc(-c2cccnc2)c1)C1CCCCC1.O=C(Oc1ccccc1)n1cnc(-c2cccnc2)c1.c1cncc(-c2cnc[nH]2)c1. The molecule has 7 aromatic rings. The molecule has 14 heteroatoms. The fourth-order valence-electron chi connectivity index (χ4n) is 5.56. The fraction of sp³-hybridized carbons (Fsp3) is 0.200. The molecule has 0 radical (unpaired) electrons. The molecule has 1 aromatic carbocycles. The van der Waals surface area contributed by atoms with Crippen molar-refractivity contribution in [2.75, 3.05) is 14.1 Å². The summed E-state index contributed by atoms with van der Waals surface area (Å²) in [5.74, 6) is 0.495. The Labute approximate surface area is 313 Å². The number of rotatable bonds is 5. The number of benzene rings is 1. The summed E-state index contributed by atoms with van der Waals surface area (Å²) < 4.78 is 8.09. The van der Waals surface area contributed by atoms with Crippen molar-refractivity contribution in [3.05, 3.63) is 141 Å². The van der Waals surface area contributed by atoms with E-state index in [0.29, 0.717) is 17.5 Å². The van der Waals surface area contributed by atoms with Crippen molar-refractivity contribution >= 4 is 12.1 Å². The quantitative estimate of drug-likeness (QED) is 0.184. The largest absolute Gasteiger partial charge is 0.424 e. The molecular formula is C40H43N11O3. The summed E-state index contributed by atoms with van der Waals surface area (Å²) >= 11 is 0. The summed E-state index contributed by atoms with van der Waals surface area (Å²) in [5, 5.41) is 0. The van der Waals surface area contributed by atoms with Crippen molar-refractivity contribution in [1.82, 2.24) is 48.9 Å². The number of imidazole rings is 3. The van der Waals surface area contributed by atoms with Crippen molar-refractivity contribution in [3.63, 3.8) is 0 Å². The monoisotopic (exact) mass is 725 g/mol. The molecule has 1 fully saturated rings. The van der Waals surface area contributed by atoms with E-state index in [1.165, 1.54) is 37.2 Å². The second-order valence-corrected chi connectivity index (χ2v) is 11.9. The first-order valence-electron chi connectivity index (χ1n) is 17.4. The third kappa shape index (κ3) is 10.9. The lowest BCUT2D eigenvalue weighted by atomic mass is 9.95. The first-order chi connectivity index (χ1) is 26.5. The maximum absolute atomic E-state index is 12.5. The van der Waals surface area contributed by atoms with Crippen LogP contribution >= 0.6 is 0 Å². The maximum atomic E-state index is 12.5. The molecule has 0 spiro atoms. The Bertz CT molecular complexity index is 2100. The molecule has 0 saturated heterocycles. The molecule has 0 unspecified atom stereocenters. The number of aromatic amines is 1. The van der Waals surface area contributed by atoms with Crippen molar-refractivity contribution < 1.29 is 14.3 Å². The van der Waals surface area contributed by atoms with Gasteiger partial charge in [0.15, 0.2) is 0 Å². The highest BCUT2D eigenvalue weighted by molar-refractivity contribution is 5.78. The number of pyridine rings is 3. The average molecular weight is 726 g/mol. The van der Waals surface area contributed by atoms with Gasteiger partial charge in [-0.15, -0.1) is 0 Å². The number of carbonyl (C=O) groups is 2. The van der Waals surface area contributed by atoms with Gasteiger partial charge in [0.1, 0.15) is 18.4 Å². The van der Waals surface area contributed by atoms with E-state index in [9.17, 15) is 9.59 Å². The second kappa shape index (κ2) is 20.3. The molecule has 0 bridgehead atoms. The number of amides is 1. The molecule has 0 aliphatic heterocycles. The van der Waals surface area contributed by atoms with Crippen molar-refractivity contribution in [2.45, 2.75) is 38.1 Å². The summed E-state index contributed by atoms with van der Waals surface area (Å²) in [6.45, 7) is 0. The predicted molar refractivity (Wildman–Crippen MR) is 206 cm³/mol. The smallest absolute Gasteiger partial charge is 0.410 e. The molecule has 8 rings (SSSR count). The molecule has 1 saturated carbocycles. The number of hydrogen-bond donors (Lipinski definition) is 2. The number of aromatic nitrogens is 9. The Kier molecular flexibility index (Phi) is 14.4. The van der Waals surface area contributed by atoms with Crippen LogP contribution in [-0.2, 0) is 0 Å². The minimum absolute atomic E-state index is 0.00968. The molecule has 14 nitrogen and oxygen atoms in total. The molecular weight excluding hydrogens is 683 g/mol. The van der Waals surface area contributed by atoms with Crippen LogP contribution in [0.25, 0.3) is 33.8 Å². The number of hydrogen-bond acceptors (Lipinski definition) is 10. The Morgan fingerprint density at radius 2 is 1.26 bits per heavy atom. The lowest BCUT2D eigenvalue weighted by Crippen LogP contribution is -2.40. The molecule has 6 heterocycles. The Morgan fingerprint density at radius 1 is 0.704 bits per heavy atom. The van der Waals surface area contributed by atoms with Crippen LogP contribution in [0.3, 0.4) is 0 Å². The van der Waals surface area contributed by atoms with Crippen LogP contribution < -0.4 is 10.5 Å². The summed E-state index contributed by atoms with van der Waals surface area (Å²) in [4.78, 5) is 53.8. The van der Waals surface area contributed by atoms with Gasteiger partial charge >= 0.3 is 12.1 Å². The summed E-state index contributed by atoms with van der Waals surface area (Å²) in [5.41, 5.74) is 9.77. The van der Waals surface area contributed by atoms with Gasteiger partial charge in [0.25, 0.3) is 0 Å². The number of nitrogens with zero attached hydrogens (tertiary/aromatic N) is 9. The van der Waals surface area contributed by atoms with E-state index < -0.39 is 6.09 Å². The van der Waals surface area contributed by atoms with Gasteiger partial charge in [0, 0.05) is 79.4 Å². The standard InChI is InChI=1S/C16H20N4O.C15H11N3O2.C8H7N3.CH5N/c1-19(14-7-3-2-4-8-14)16(21)20-11-15(18-12-20)13-6-5-9-17-10-13;19-15(20-13-6-2-1-3-7-13)18-10-14(17-11-18)12-5-4-8-16-9-12;1-2-7(4-9-3-1)8-5-10-6-11-8;1-2/h5-6,9-12,14H,2-4,7-8H2,1H3;1-11H;1-6H,(H,10,11);2H2,1H3. The highest BCUT2D eigenvalue weighted by atomic mass is 16.6. The zero-order valence-corrected chi connectivity index (χ0v) is 30.2. The molecule has 3 N–H and O–H groups in total. The Balaban J connectivity index is 0.000000159. The summed E-state index contributed by atoms with van der Waals surface area (Å²) in [6.07, 6.45) is 25.7. The van der Waals surface area contributed by atoms with Gasteiger partial charge < -0.3 is 20.4 Å². The van der Waals surface area contributed by atoms with Crippen LogP contribution in [-0.4, -0.2) is 81.2 Å². The van der Waals surface area contributed by atoms with Gasteiger partial charge in [-0.05, 0) is 68.4 Å². The lowest BCUT2D eigenvalue weighted by molar-refractivity contribution is 0.175. The number of para-hydroxylation sites is 1. The molecule has 1 aliphatic rings. The van der Waals surface area contributed by atoms with Crippen LogP contribution in [0.2, 0.25) is 0 Å². The molecule has 6 aromatic heterocycles. The van der Waals surface area contributed by atoms with Crippen molar-refractivity contribution in [3.8, 4) is 39.5 Å². The van der Waals surface area contributed by atoms with Gasteiger partial charge in [-0.2, -0.15) is 0 Å². The molecule has 1 aliphatic carbocycles. The molecule has 54 heavy (non-hydrogen) atoms. The minimum atomic E-state index is -0.501. The highest BCUT2D eigenvalue weighted by Crippen LogP contribution is 2.23. The van der Waals surface area contributed by atoms with Crippen LogP contribution in [0.5, 0.6) is 5.75 Å². The number of nitrogens with one attached hydrogen (secondary N) is 1. The fourth-order valence-corrected chi connectivity index (χ4v) is 5.56. The number of carbonyl (C=O) groups excluding carboxylic acids is 2. The zero-order chi connectivity index (χ0) is 38.0. The van der Waals surface area contributed by atoms with Gasteiger partial charge in [-0.25, -0.2) is 29.1 Å². The zero-order valence-electron chi connectivity index (χ0n) is 30.2. The summed E-state index contributed by atoms with van der Waals surface area (Å²) in [6, 6.07) is 20.6. The molecule has 1 amide bonds. The van der Waals surface area contributed by atoms with E-state index >= 15 is 0 Å². The first-order valence-corrected chi connectivity index (χ1v) is 17.4. The number of ether oxygens (including phenoxy) is 1. The Hall–Kier alpha value is -6.80. The topological polar surface area (TPSA) is 176 Å². The van der Waals surface area contributed by atoms with Crippen LogP contribution in [0, 0.1) is 0 Å². The van der Waals surface area contributed by atoms with E-state index in [-0.39, 0.29) is 6.03 Å². The van der Waals surface area contributed by atoms with Gasteiger partial charge in [0.05, 0.1) is 29.6 Å².